The Kier molecular flexibility index (Phi) is 5.98. The number of hydrogen-bond donors (Lipinski definition) is 2. The molecule has 1 amide bonds. The monoisotopic (exact) mass is 410 g/mol. The van der Waals surface area contributed by atoms with Crippen LogP contribution < -0.4 is 10.0 Å². The number of hydrogen-bond acceptors (Lipinski definition) is 4. The molecule has 5 nitrogen and oxygen atoms in total. The lowest BCUT2D eigenvalue weighted by Gasteiger charge is -2.28. The van der Waals surface area contributed by atoms with E-state index in [-0.39, 0.29) is 22.8 Å². The van der Waals surface area contributed by atoms with E-state index in [1.807, 2.05) is 11.4 Å². The fourth-order valence-corrected chi connectivity index (χ4v) is 5.82. The summed E-state index contributed by atoms with van der Waals surface area (Å²) in [4.78, 5) is 13.5. The van der Waals surface area contributed by atoms with E-state index in [9.17, 15) is 17.6 Å². The number of nitrogens with one attached hydrogen (secondary N) is 2. The summed E-state index contributed by atoms with van der Waals surface area (Å²) in [5.74, 6) is -0.874. The summed E-state index contributed by atoms with van der Waals surface area (Å²) in [7, 11) is -3.87. The molecular weight excluding hydrogens is 387 g/mol. The van der Waals surface area contributed by atoms with Crippen LogP contribution in [-0.2, 0) is 20.2 Å². The molecule has 2 aromatic rings. The van der Waals surface area contributed by atoms with Gasteiger partial charge in [-0.25, -0.2) is 17.5 Å². The molecule has 146 valence electrons. The van der Waals surface area contributed by atoms with E-state index in [1.165, 1.54) is 17.9 Å². The third-order valence-electron chi connectivity index (χ3n) is 5.08. The lowest BCUT2D eigenvalue weighted by atomic mass is 9.84. The van der Waals surface area contributed by atoms with E-state index >= 15 is 0 Å². The van der Waals surface area contributed by atoms with E-state index in [1.54, 1.807) is 11.3 Å². The van der Waals surface area contributed by atoms with Crippen molar-refractivity contribution in [3.8, 4) is 0 Å². The third kappa shape index (κ3) is 4.56. The van der Waals surface area contributed by atoms with Crippen molar-refractivity contribution in [3.05, 3.63) is 52.0 Å². The average molecular weight is 411 g/mol. The van der Waals surface area contributed by atoms with Gasteiger partial charge in [0.1, 0.15) is 5.82 Å². The van der Waals surface area contributed by atoms with Crippen LogP contribution in [0.3, 0.4) is 0 Å². The van der Waals surface area contributed by atoms with Crippen LogP contribution in [0.2, 0.25) is 0 Å². The number of rotatable bonds is 7. The molecule has 1 aromatic carbocycles. The number of benzene rings is 1. The molecule has 1 aliphatic carbocycles. The fourth-order valence-electron chi connectivity index (χ4n) is 3.63. The van der Waals surface area contributed by atoms with Gasteiger partial charge in [-0.3, -0.25) is 4.79 Å². The Bertz CT molecular complexity index is 905. The van der Waals surface area contributed by atoms with E-state index < -0.39 is 15.8 Å². The highest BCUT2D eigenvalue weighted by Gasteiger charge is 2.36. The molecule has 8 heteroatoms. The first-order valence-corrected chi connectivity index (χ1v) is 11.3. The van der Waals surface area contributed by atoms with Gasteiger partial charge in [-0.2, -0.15) is 0 Å². The summed E-state index contributed by atoms with van der Waals surface area (Å²) in [6.07, 6.45) is 4.30. The topological polar surface area (TPSA) is 75.3 Å². The molecule has 1 aromatic heterocycles. The summed E-state index contributed by atoms with van der Waals surface area (Å²) in [5, 5.41) is 4.92. The van der Waals surface area contributed by atoms with Crippen LogP contribution in [0.4, 0.5) is 4.39 Å². The van der Waals surface area contributed by atoms with Crippen molar-refractivity contribution in [1.29, 1.82) is 0 Å². The van der Waals surface area contributed by atoms with Crippen LogP contribution in [0, 0.1) is 12.7 Å². The van der Waals surface area contributed by atoms with Gasteiger partial charge in [0, 0.05) is 16.8 Å². The first kappa shape index (κ1) is 20.0. The quantitative estimate of drug-likeness (QED) is 0.737. The molecule has 3 rings (SSSR count). The van der Waals surface area contributed by atoms with Gasteiger partial charge in [0.05, 0.1) is 11.4 Å². The zero-order chi connectivity index (χ0) is 19.5. The molecule has 0 atom stereocenters. The molecule has 0 spiro atoms. The molecule has 1 saturated carbocycles. The van der Waals surface area contributed by atoms with Gasteiger partial charge in [-0.05, 0) is 55.0 Å². The second-order valence-electron chi connectivity index (χ2n) is 6.98. The largest absolute Gasteiger partial charge is 0.354 e. The predicted octanol–water partition coefficient (Wildman–Crippen LogP) is 3.10. The van der Waals surface area contributed by atoms with Gasteiger partial charge in [-0.1, -0.05) is 18.9 Å². The van der Waals surface area contributed by atoms with Crippen LogP contribution in [0.5, 0.6) is 0 Å². The van der Waals surface area contributed by atoms with Gasteiger partial charge in [0.15, 0.2) is 0 Å². The standard InChI is InChI=1S/C19H23FN2O3S2/c1-14-11-15(20)6-7-16(14)27(24,25)22-12-18(23)21-13-19(8-2-3-9-19)17-5-4-10-26-17/h4-7,10-11,22H,2-3,8-9,12-13H2,1H3,(H,21,23). The molecule has 1 aliphatic rings. The highest BCUT2D eigenvalue weighted by molar-refractivity contribution is 7.89. The number of carbonyl (C=O) groups is 1. The zero-order valence-electron chi connectivity index (χ0n) is 15.1. The summed E-state index contributed by atoms with van der Waals surface area (Å²) in [6, 6.07) is 7.56. The smallest absolute Gasteiger partial charge is 0.241 e. The summed E-state index contributed by atoms with van der Waals surface area (Å²) >= 11 is 1.69. The molecule has 0 bridgehead atoms. The minimum Gasteiger partial charge on any atom is -0.354 e. The maximum absolute atomic E-state index is 13.2. The SMILES string of the molecule is Cc1cc(F)ccc1S(=O)(=O)NCC(=O)NCC1(c2cccs2)CCCC1. The van der Waals surface area contributed by atoms with Gasteiger partial charge < -0.3 is 5.32 Å². The minimum atomic E-state index is -3.87. The minimum absolute atomic E-state index is 0.0254. The lowest BCUT2D eigenvalue weighted by molar-refractivity contribution is -0.120. The van der Waals surface area contributed by atoms with E-state index in [4.69, 9.17) is 0 Å². The molecular formula is C19H23FN2O3S2. The molecule has 2 N–H and O–H groups in total. The van der Waals surface area contributed by atoms with E-state index in [0.29, 0.717) is 12.1 Å². The Labute approximate surface area is 163 Å². The van der Waals surface area contributed by atoms with Gasteiger partial charge in [0.2, 0.25) is 15.9 Å². The number of aryl methyl sites for hydroxylation is 1. The summed E-state index contributed by atoms with van der Waals surface area (Å²) in [5.41, 5.74) is 0.251. The van der Waals surface area contributed by atoms with Crippen LogP contribution >= 0.6 is 11.3 Å². The first-order chi connectivity index (χ1) is 12.8. The number of halogens is 1. The molecule has 0 aliphatic heterocycles. The van der Waals surface area contributed by atoms with Crippen molar-refractivity contribution < 1.29 is 17.6 Å². The predicted molar refractivity (Wildman–Crippen MR) is 104 cm³/mol. The maximum atomic E-state index is 13.2. The van der Waals surface area contributed by atoms with Crippen molar-refractivity contribution in [2.24, 2.45) is 0 Å². The van der Waals surface area contributed by atoms with Crippen LogP contribution in [0.25, 0.3) is 0 Å². The highest BCUT2D eigenvalue weighted by Crippen LogP contribution is 2.42. The van der Waals surface area contributed by atoms with Crippen LogP contribution in [0.15, 0.2) is 40.6 Å². The maximum Gasteiger partial charge on any atom is 0.241 e. The molecule has 0 saturated heterocycles. The van der Waals surface area contributed by atoms with Gasteiger partial charge >= 0.3 is 0 Å². The van der Waals surface area contributed by atoms with E-state index in [0.717, 1.165) is 37.8 Å². The Hall–Kier alpha value is -1.77. The third-order valence-corrected chi connectivity index (χ3v) is 7.76. The van der Waals surface area contributed by atoms with Crippen molar-refractivity contribution in [3.63, 3.8) is 0 Å². The van der Waals surface area contributed by atoms with Gasteiger partial charge in [0.25, 0.3) is 0 Å². The molecule has 27 heavy (non-hydrogen) atoms. The summed E-state index contributed by atoms with van der Waals surface area (Å²) < 4.78 is 40.2. The van der Waals surface area contributed by atoms with Crippen molar-refractivity contribution >= 4 is 27.3 Å². The Balaban J connectivity index is 1.59. The normalized spacial score (nSPS) is 16.4. The van der Waals surface area contributed by atoms with E-state index in [2.05, 4.69) is 16.1 Å². The van der Waals surface area contributed by atoms with Crippen molar-refractivity contribution in [2.75, 3.05) is 13.1 Å². The Morgan fingerprint density at radius 3 is 2.63 bits per heavy atom. The van der Waals surface area contributed by atoms with Crippen LogP contribution in [-0.4, -0.2) is 27.4 Å². The van der Waals surface area contributed by atoms with Crippen molar-refractivity contribution in [1.82, 2.24) is 10.0 Å². The lowest BCUT2D eigenvalue weighted by Crippen LogP contribution is -2.43. The molecule has 1 heterocycles. The average Bonchev–Trinajstić information content (AvgIpc) is 3.30. The number of thiophene rings is 1. The molecule has 0 radical (unpaired) electrons. The van der Waals surface area contributed by atoms with Crippen LogP contribution in [0.1, 0.15) is 36.1 Å². The first-order valence-electron chi connectivity index (χ1n) is 8.89. The fraction of sp³-hybridized carbons (Fsp3) is 0.421. The summed E-state index contributed by atoms with van der Waals surface area (Å²) in [6.45, 7) is 1.67. The highest BCUT2D eigenvalue weighted by atomic mass is 32.2. The molecule has 0 unspecified atom stereocenters. The number of sulfonamides is 1. The van der Waals surface area contributed by atoms with Gasteiger partial charge in [-0.15, -0.1) is 11.3 Å². The molecule has 1 fully saturated rings. The van der Waals surface area contributed by atoms with Crippen molar-refractivity contribution in [2.45, 2.75) is 42.9 Å². The number of amides is 1. The number of carbonyl (C=O) groups excluding carboxylic acids is 1. The zero-order valence-corrected chi connectivity index (χ0v) is 16.8. The second kappa shape index (κ2) is 8.08. The Morgan fingerprint density at radius 2 is 2.00 bits per heavy atom. The second-order valence-corrected chi connectivity index (χ2v) is 9.66. The Morgan fingerprint density at radius 1 is 1.26 bits per heavy atom.